The number of hydrogen-bond donors (Lipinski definition) is 0. The normalized spacial score (nSPS) is 9.00. The summed E-state index contributed by atoms with van der Waals surface area (Å²) in [6, 6.07) is 0. The Balaban J connectivity index is 0. The van der Waals surface area contributed by atoms with Crippen LogP contribution in [-0.4, -0.2) is 31.2 Å². The maximum atomic E-state index is 2.27. The fraction of sp³-hybridized carbons (Fsp3) is 1.00. The predicted octanol–water partition coefficient (Wildman–Crippen LogP) is 2.88. The molecule has 2 heteroatoms. The summed E-state index contributed by atoms with van der Waals surface area (Å²) in [7, 11) is 1.25. The Bertz CT molecular complexity index is 42.5. The molecule has 1 radical (unpaired) electrons. The third-order valence-corrected chi connectivity index (χ3v) is 2.83. The minimum absolute atomic E-state index is 0. The standard InChI is InChI=1S/C8H19P.Li/c1-3-5-7-9-8-6-4-2;/h9H,3-8H2,1-2H3;. The van der Waals surface area contributed by atoms with Gasteiger partial charge in [0, 0.05) is 18.9 Å². The zero-order valence-electron chi connectivity index (χ0n) is 7.74. The Morgan fingerprint density at radius 2 is 1.30 bits per heavy atom. The third kappa shape index (κ3) is 11.8. The van der Waals surface area contributed by atoms with Gasteiger partial charge in [-0.25, -0.2) is 0 Å². The van der Waals surface area contributed by atoms with Gasteiger partial charge in [-0.15, -0.1) is 8.58 Å². The van der Waals surface area contributed by atoms with Crippen molar-refractivity contribution in [1.82, 2.24) is 0 Å². The first-order valence-electron chi connectivity index (χ1n) is 4.12. The van der Waals surface area contributed by atoms with Crippen molar-refractivity contribution >= 4 is 27.4 Å². The van der Waals surface area contributed by atoms with Crippen LogP contribution in [0.2, 0.25) is 0 Å². The molecule has 0 aliphatic carbocycles. The molecule has 0 bridgehead atoms. The number of unbranched alkanes of at least 4 members (excludes halogenated alkanes) is 2. The van der Waals surface area contributed by atoms with Gasteiger partial charge in [-0.05, 0) is 25.2 Å². The summed E-state index contributed by atoms with van der Waals surface area (Å²) in [6.07, 6.45) is 8.61. The summed E-state index contributed by atoms with van der Waals surface area (Å²) in [5.74, 6) is 0. The van der Waals surface area contributed by atoms with Gasteiger partial charge in [-0.3, -0.25) is 0 Å². The number of hydrogen-bond acceptors (Lipinski definition) is 0. The van der Waals surface area contributed by atoms with E-state index < -0.39 is 0 Å². The van der Waals surface area contributed by atoms with Crippen molar-refractivity contribution in [3.63, 3.8) is 0 Å². The van der Waals surface area contributed by atoms with E-state index in [9.17, 15) is 0 Å². The van der Waals surface area contributed by atoms with E-state index in [1.54, 1.807) is 0 Å². The van der Waals surface area contributed by atoms with Crippen LogP contribution in [-0.2, 0) is 0 Å². The van der Waals surface area contributed by atoms with Gasteiger partial charge >= 0.3 is 0 Å². The minimum Gasteiger partial charge on any atom is -0.122 e. The third-order valence-electron chi connectivity index (χ3n) is 1.41. The van der Waals surface area contributed by atoms with Gasteiger partial charge in [0.2, 0.25) is 0 Å². The molecule has 0 aromatic carbocycles. The maximum absolute atomic E-state index is 2.27. The van der Waals surface area contributed by atoms with Crippen LogP contribution in [0.3, 0.4) is 0 Å². The first kappa shape index (κ1) is 13.6. The van der Waals surface area contributed by atoms with Crippen molar-refractivity contribution in [3.8, 4) is 0 Å². The molecule has 57 valence electrons. The van der Waals surface area contributed by atoms with E-state index in [2.05, 4.69) is 13.8 Å². The van der Waals surface area contributed by atoms with Gasteiger partial charge in [-0.1, -0.05) is 26.7 Å². The minimum atomic E-state index is 0. The molecular weight excluding hydrogens is 134 g/mol. The second kappa shape index (κ2) is 12.7. The van der Waals surface area contributed by atoms with Crippen LogP contribution in [0.15, 0.2) is 0 Å². The van der Waals surface area contributed by atoms with Crippen LogP contribution >= 0.6 is 8.58 Å². The van der Waals surface area contributed by atoms with E-state index in [0.717, 1.165) is 0 Å². The Kier molecular flexibility index (Phi) is 17.3. The van der Waals surface area contributed by atoms with E-state index in [4.69, 9.17) is 0 Å². The van der Waals surface area contributed by atoms with Gasteiger partial charge < -0.3 is 0 Å². The van der Waals surface area contributed by atoms with Gasteiger partial charge in [-0.2, -0.15) is 0 Å². The molecule has 0 fully saturated rings. The zero-order chi connectivity index (χ0) is 6.95. The summed E-state index contributed by atoms with van der Waals surface area (Å²) in [5, 5.41) is 0. The fourth-order valence-corrected chi connectivity index (χ4v) is 2.19. The molecule has 0 amide bonds. The Hall–Kier alpha value is 1.03. The molecule has 0 aromatic heterocycles. The van der Waals surface area contributed by atoms with Crippen molar-refractivity contribution in [2.75, 3.05) is 12.3 Å². The van der Waals surface area contributed by atoms with E-state index in [1.807, 2.05) is 0 Å². The first-order chi connectivity index (χ1) is 4.41. The average molecular weight is 153 g/mol. The Labute approximate surface area is 79.5 Å². The van der Waals surface area contributed by atoms with Crippen molar-refractivity contribution in [1.29, 1.82) is 0 Å². The van der Waals surface area contributed by atoms with Gasteiger partial charge in [0.1, 0.15) is 0 Å². The van der Waals surface area contributed by atoms with Crippen molar-refractivity contribution in [3.05, 3.63) is 0 Å². The maximum Gasteiger partial charge on any atom is 0 e. The summed E-state index contributed by atoms with van der Waals surface area (Å²) < 4.78 is 0. The molecule has 0 rings (SSSR count). The topological polar surface area (TPSA) is 0 Å². The fourth-order valence-electron chi connectivity index (χ4n) is 0.729. The molecule has 0 heterocycles. The molecule has 0 aliphatic rings. The quantitative estimate of drug-likeness (QED) is 0.312. The molecule has 0 saturated carbocycles. The molecular formula is C8H19LiP. The second-order valence-electron chi connectivity index (χ2n) is 2.46. The van der Waals surface area contributed by atoms with E-state index in [1.165, 1.54) is 46.6 Å². The van der Waals surface area contributed by atoms with Crippen LogP contribution in [0.4, 0.5) is 0 Å². The van der Waals surface area contributed by atoms with E-state index in [-0.39, 0.29) is 18.9 Å². The van der Waals surface area contributed by atoms with Gasteiger partial charge in [0.05, 0.1) is 0 Å². The van der Waals surface area contributed by atoms with Crippen LogP contribution in [0.1, 0.15) is 39.5 Å². The molecule has 0 atom stereocenters. The first-order valence-corrected chi connectivity index (χ1v) is 5.54. The van der Waals surface area contributed by atoms with Crippen LogP contribution in [0.25, 0.3) is 0 Å². The Morgan fingerprint density at radius 1 is 0.900 bits per heavy atom. The summed E-state index contributed by atoms with van der Waals surface area (Å²) in [6.45, 7) is 4.54. The number of rotatable bonds is 6. The smallest absolute Gasteiger partial charge is 0 e. The molecule has 0 unspecified atom stereocenters. The van der Waals surface area contributed by atoms with Gasteiger partial charge in [0.15, 0.2) is 0 Å². The van der Waals surface area contributed by atoms with Crippen LogP contribution in [0, 0.1) is 0 Å². The van der Waals surface area contributed by atoms with E-state index >= 15 is 0 Å². The molecule has 10 heavy (non-hydrogen) atoms. The molecule has 0 spiro atoms. The SMILES string of the molecule is CCCCPCCCC.[Li]. The summed E-state index contributed by atoms with van der Waals surface area (Å²) >= 11 is 0. The molecule has 0 aromatic rings. The van der Waals surface area contributed by atoms with Crippen LogP contribution in [0.5, 0.6) is 0 Å². The second-order valence-corrected chi connectivity index (χ2v) is 3.96. The molecule has 0 aliphatic heterocycles. The summed E-state index contributed by atoms with van der Waals surface area (Å²) in [5.41, 5.74) is 0. The summed E-state index contributed by atoms with van der Waals surface area (Å²) in [4.78, 5) is 0. The molecule has 0 saturated heterocycles. The Morgan fingerprint density at radius 3 is 1.60 bits per heavy atom. The van der Waals surface area contributed by atoms with E-state index in [0.29, 0.717) is 0 Å². The van der Waals surface area contributed by atoms with Crippen LogP contribution < -0.4 is 0 Å². The zero-order valence-corrected chi connectivity index (χ0v) is 8.74. The van der Waals surface area contributed by atoms with Crippen molar-refractivity contribution in [2.24, 2.45) is 0 Å². The molecule has 0 N–H and O–H groups in total. The predicted molar refractivity (Wildman–Crippen MR) is 53.6 cm³/mol. The van der Waals surface area contributed by atoms with Crippen molar-refractivity contribution < 1.29 is 0 Å². The largest absolute Gasteiger partial charge is 0.122 e. The van der Waals surface area contributed by atoms with Crippen molar-refractivity contribution in [2.45, 2.75) is 39.5 Å². The monoisotopic (exact) mass is 153 g/mol. The average Bonchev–Trinajstić information content (AvgIpc) is 1.89. The van der Waals surface area contributed by atoms with Gasteiger partial charge in [0.25, 0.3) is 0 Å². The molecule has 0 nitrogen and oxygen atoms in total.